The van der Waals surface area contributed by atoms with E-state index in [9.17, 15) is 9.18 Å². The van der Waals surface area contributed by atoms with Crippen LogP contribution in [0.3, 0.4) is 0 Å². The van der Waals surface area contributed by atoms with Gasteiger partial charge in [0, 0.05) is 55.1 Å². The van der Waals surface area contributed by atoms with Gasteiger partial charge in [0.1, 0.15) is 11.6 Å². The molecule has 2 aromatic heterocycles. The second kappa shape index (κ2) is 11.4. The summed E-state index contributed by atoms with van der Waals surface area (Å²) in [7, 11) is 5.54. The van der Waals surface area contributed by atoms with Gasteiger partial charge in [0.05, 0.1) is 5.52 Å². The molecular formula is C24H29F2N7O2. The molecule has 11 heteroatoms. The zero-order valence-corrected chi connectivity index (χ0v) is 20.3. The van der Waals surface area contributed by atoms with E-state index in [1.54, 1.807) is 26.1 Å². The van der Waals surface area contributed by atoms with Gasteiger partial charge in [-0.3, -0.25) is 4.79 Å². The first-order chi connectivity index (χ1) is 16.7. The number of hydrogen-bond donors (Lipinski definition) is 4. The van der Waals surface area contributed by atoms with Crippen LogP contribution in [0, 0.1) is 18.6 Å². The van der Waals surface area contributed by atoms with E-state index in [0.29, 0.717) is 30.3 Å². The van der Waals surface area contributed by atoms with Crippen LogP contribution in [0.2, 0.25) is 0 Å². The van der Waals surface area contributed by atoms with Gasteiger partial charge in [-0.15, -0.1) is 0 Å². The van der Waals surface area contributed by atoms with Crippen LogP contribution in [0.1, 0.15) is 12.6 Å². The Morgan fingerprint density at radius 3 is 2.63 bits per heavy atom. The number of benzene rings is 1. The highest BCUT2D eigenvalue weighted by Crippen LogP contribution is 2.32. The number of anilines is 2. The molecule has 0 aliphatic heterocycles. The first-order valence-corrected chi connectivity index (χ1v) is 11.0. The normalized spacial score (nSPS) is 11.9. The topological polar surface area (TPSA) is 107 Å². The number of hydrogen-bond acceptors (Lipinski definition) is 7. The van der Waals surface area contributed by atoms with Crippen molar-refractivity contribution < 1.29 is 18.3 Å². The van der Waals surface area contributed by atoms with Crippen molar-refractivity contribution in [3.8, 4) is 11.8 Å². The van der Waals surface area contributed by atoms with Gasteiger partial charge < -0.3 is 30.6 Å². The number of carbonyl (C=O) groups excluding carboxylic acids is 1. The van der Waals surface area contributed by atoms with Gasteiger partial charge in [0.2, 0.25) is 0 Å². The summed E-state index contributed by atoms with van der Waals surface area (Å²) in [5.74, 6) is -1.78. The van der Waals surface area contributed by atoms with Gasteiger partial charge in [0.15, 0.2) is 17.4 Å². The van der Waals surface area contributed by atoms with Crippen LogP contribution in [0.4, 0.5) is 20.4 Å². The fourth-order valence-corrected chi connectivity index (χ4v) is 3.23. The van der Waals surface area contributed by atoms with Gasteiger partial charge in [-0.25, -0.2) is 8.78 Å². The summed E-state index contributed by atoms with van der Waals surface area (Å²) in [6.07, 6.45) is 4.88. The Bertz CT molecular complexity index is 1270. The molecule has 0 aliphatic rings. The third kappa shape index (κ3) is 6.76. The second-order valence-corrected chi connectivity index (χ2v) is 8.00. The van der Waals surface area contributed by atoms with E-state index in [1.165, 1.54) is 18.2 Å². The van der Waals surface area contributed by atoms with Crippen LogP contribution in [0.15, 0.2) is 42.1 Å². The number of aromatic nitrogens is 3. The molecule has 9 nitrogen and oxygen atoms in total. The van der Waals surface area contributed by atoms with E-state index >= 15 is 4.39 Å². The van der Waals surface area contributed by atoms with E-state index in [0.717, 1.165) is 6.07 Å². The number of likely N-dealkylation sites (N-methyl/N-ethyl adjacent to an activating group) is 2. The summed E-state index contributed by atoms with van der Waals surface area (Å²) in [6.45, 7) is 4.78. The molecule has 0 unspecified atom stereocenters. The Labute approximate surface area is 202 Å². The summed E-state index contributed by atoms with van der Waals surface area (Å²) >= 11 is 0. The number of amides is 1. The van der Waals surface area contributed by atoms with Crippen LogP contribution in [-0.4, -0.2) is 60.0 Å². The predicted molar refractivity (Wildman–Crippen MR) is 133 cm³/mol. The fourth-order valence-electron chi connectivity index (χ4n) is 3.23. The molecule has 0 spiro atoms. The van der Waals surface area contributed by atoms with Crippen LogP contribution in [-0.2, 0) is 4.79 Å². The first-order valence-electron chi connectivity index (χ1n) is 11.0. The van der Waals surface area contributed by atoms with Crippen molar-refractivity contribution in [3.63, 3.8) is 0 Å². The number of aryl methyl sites for hydroxylation is 1. The number of allylic oxidation sites excluding steroid dienone is 2. The molecule has 186 valence electrons. The van der Waals surface area contributed by atoms with Crippen LogP contribution in [0.5, 0.6) is 11.8 Å². The summed E-state index contributed by atoms with van der Waals surface area (Å²) < 4.78 is 35.1. The highest BCUT2D eigenvalue weighted by Gasteiger charge is 2.18. The maximum Gasteiger partial charge on any atom is 0.326 e. The molecule has 0 saturated carbocycles. The molecule has 3 rings (SSSR count). The molecule has 35 heavy (non-hydrogen) atoms. The number of carbonyl (C=O) groups is 1. The second-order valence-electron chi connectivity index (χ2n) is 8.00. The average Bonchev–Trinajstić information content (AvgIpc) is 3.19. The largest absolute Gasteiger partial charge is 0.421 e. The number of nitrogens with zero attached hydrogens (tertiary/aromatic N) is 3. The first kappa shape index (κ1) is 25.6. The summed E-state index contributed by atoms with van der Waals surface area (Å²) in [6, 6.07) is 3.69. The maximum atomic E-state index is 15.0. The Morgan fingerprint density at radius 1 is 1.20 bits per heavy atom. The molecule has 0 radical (unpaired) electrons. The Kier molecular flexibility index (Phi) is 8.37. The summed E-state index contributed by atoms with van der Waals surface area (Å²) in [5.41, 5.74) is 1.25. The van der Waals surface area contributed by atoms with Crippen LogP contribution in [0.25, 0.3) is 10.9 Å². The van der Waals surface area contributed by atoms with Gasteiger partial charge >= 0.3 is 6.01 Å². The number of nitrogens with one attached hydrogen (secondary N) is 4. The zero-order chi connectivity index (χ0) is 25.5. The summed E-state index contributed by atoms with van der Waals surface area (Å²) in [4.78, 5) is 25.7. The monoisotopic (exact) mass is 485 g/mol. The van der Waals surface area contributed by atoms with Crippen molar-refractivity contribution in [1.82, 2.24) is 25.2 Å². The van der Waals surface area contributed by atoms with Gasteiger partial charge in [-0.2, -0.15) is 9.97 Å². The lowest BCUT2D eigenvalue weighted by atomic mass is 10.2. The lowest BCUT2D eigenvalue weighted by molar-refractivity contribution is -0.112. The van der Waals surface area contributed by atoms with Crippen LogP contribution < -0.4 is 20.7 Å². The Hall–Kier alpha value is -3.99. The quantitative estimate of drug-likeness (QED) is 0.255. The van der Waals surface area contributed by atoms with Crippen molar-refractivity contribution in [2.75, 3.05) is 44.9 Å². The number of H-pyrrole nitrogens is 1. The third-order valence-corrected chi connectivity index (χ3v) is 4.85. The molecule has 0 fully saturated rings. The lowest BCUT2D eigenvalue weighted by Crippen LogP contribution is -2.21. The van der Waals surface area contributed by atoms with E-state index in [1.807, 2.05) is 25.9 Å². The van der Waals surface area contributed by atoms with Gasteiger partial charge in [-0.1, -0.05) is 6.08 Å². The highest BCUT2D eigenvalue weighted by atomic mass is 19.1. The van der Waals surface area contributed by atoms with Crippen molar-refractivity contribution >= 4 is 28.4 Å². The fraction of sp³-hybridized carbons (Fsp3) is 0.292. The van der Waals surface area contributed by atoms with E-state index in [2.05, 4.69) is 30.9 Å². The minimum absolute atomic E-state index is 0.0496. The minimum Gasteiger partial charge on any atom is -0.421 e. The van der Waals surface area contributed by atoms with E-state index in [4.69, 9.17) is 4.74 Å². The SMILES string of the molecule is C/C=C/C(=C/C(=O)Nc1cc(NCCN(C)C)nc(Oc2cc(F)c3[nH]c(C)cc3c2F)n1)NC. The molecular weight excluding hydrogens is 456 g/mol. The van der Waals surface area contributed by atoms with E-state index in [-0.39, 0.29) is 28.5 Å². The number of rotatable bonds is 10. The average molecular weight is 486 g/mol. The van der Waals surface area contributed by atoms with Crippen LogP contribution >= 0.6 is 0 Å². The molecule has 4 N–H and O–H groups in total. The Morgan fingerprint density at radius 2 is 1.94 bits per heavy atom. The molecule has 3 aromatic rings. The number of fused-ring (bicyclic) bond motifs is 1. The van der Waals surface area contributed by atoms with Crippen molar-refractivity contribution in [1.29, 1.82) is 0 Å². The standard InChI is InChI=1S/C24H29F2N7O2/c1-6-7-15(27-3)11-21(34)30-20-13-19(28-8-9-33(4)5)31-24(32-20)35-18-12-17(25)23-16(22(18)26)10-14(2)29-23/h6-7,10-13,27,29H,8-9H2,1-5H3,(H2,28,30,31,32,34)/b7-6+,15-11-. The van der Waals surface area contributed by atoms with Gasteiger partial charge in [0.25, 0.3) is 5.91 Å². The van der Waals surface area contributed by atoms with Gasteiger partial charge in [-0.05, 0) is 40.1 Å². The number of ether oxygens (including phenoxy) is 1. The molecule has 0 saturated heterocycles. The molecule has 0 aliphatic carbocycles. The smallest absolute Gasteiger partial charge is 0.326 e. The lowest BCUT2D eigenvalue weighted by Gasteiger charge is -2.13. The number of halogens is 2. The zero-order valence-electron chi connectivity index (χ0n) is 20.3. The number of aromatic amines is 1. The highest BCUT2D eigenvalue weighted by molar-refractivity contribution is 5.99. The Balaban J connectivity index is 1.93. The summed E-state index contributed by atoms with van der Waals surface area (Å²) in [5, 5.41) is 8.71. The molecule has 1 amide bonds. The molecule has 0 bridgehead atoms. The van der Waals surface area contributed by atoms with Crippen molar-refractivity contribution in [2.45, 2.75) is 13.8 Å². The van der Waals surface area contributed by atoms with Crippen molar-refractivity contribution in [2.24, 2.45) is 0 Å². The third-order valence-electron chi connectivity index (χ3n) is 4.85. The minimum atomic E-state index is -0.751. The maximum absolute atomic E-state index is 15.0. The molecule has 2 heterocycles. The molecule has 1 aromatic carbocycles. The predicted octanol–water partition coefficient (Wildman–Crippen LogP) is 3.93. The molecule has 0 atom stereocenters. The van der Waals surface area contributed by atoms with Crippen molar-refractivity contribution in [3.05, 3.63) is 59.5 Å². The van der Waals surface area contributed by atoms with E-state index < -0.39 is 17.5 Å².